The maximum Gasteiger partial charge on any atom is 0.393 e. The van der Waals surface area contributed by atoms with Crippen LogP contribution in [0.1, 0.15) is 12.8 Å². The fourth-order valence-electron chi connectivity index (χ4n) is 2.41. The number of nitrogens with zero attached hydrogens (tertiary/aromatic N) is 2. The summed E-state index contributed by atoms with van der Waals surface area (Å²) in [6.07, 6.45) is -3.91. The molecule has 0 saturated carbocycles. The molecule has 1 atom stereocenters. The summed E-state index contributed by atoms with van der Waals surface area (Å²) in [6, 6.07) is -0.480. The smallest absolute Gasteiger partial charge is 0.393 e. The molecule has 1 unspecified atom stereocenters. The van der Waals surface area contributed by atoms with Gasteiger partial charge in [0.25, 0.3) is 0 Å². The number of aliphatic carboxylic acids is 1. The summed E-state index contributed by atoms with van der Waals surface area (Å²) in [7, 11) is 0. The fraction of sp³-hybridized carbons (Fsp3) is 0.818. The molecule has 0 aliphatic carbocycles. The van der Waals surface area contributed by atoms with E-state index in [9.17, 15) is 22.8 Å². The summed E-state index contributed by atoms with van der Waals surface area (Å²) in [5.74, 6) is -3.04. The van der Waals surface area contributed by atoms with Crippen molar-refractivity contribution in [3.05, 3.63) is 0 Å². The molecule has 2 rings (SSSR count). The number of alkyl halides is 3. The molecular weight excluding hydrogens is 265 g/mol. The van der Waals surface area contributed by atoms with Crippen LogP contribution >= 0.6 is 0 Å². The molecule has 0 aromatic rings. The molecule has 2 amide bonds. The van der Waals surface area contributed by atoms with E-state index in [2.05, 4.69) is 0 Å². The molecule has 2 aliphatic heterocycles. The Morgan fingerprint density at radius 2 is 1.74 bits per heavy atom. The third kappa shape index (κ3) is 2.93. The first-order valence-electron chi connectivity index (χ1n) is 6.12. The van der Waals surface area contributed by atoms with Gasteiger partial charge in [-0.1, -0.05) is 0 Å². The van der Waals surface area contributed by atoms with Gasteiger partial charge >= 0.3 is 18.2 Å². The Labute approximate surface area is 108 Å². The average Bonchev–Trinajstić information content (AvgIpc) is 2.25. The molecule has 2 heterocycles. The first-order valence-corrected chi connectivity index (χ1v) is 6.12. The zero-order valence-corrected chi connectivity index (χ0v) is 10.2. The Morgan fingerprint density at radius 3 is 2.26 bits per heavy atom. The first kappa shape index (κ1) is 14.0. The molecule has 108 valence electrons. The van der Waals surface area contributed by atoms with Crippen LogP contribution in [0.4, 0.5) is 18.0 Å². The largest absolute Gasteiger partial charge is 0.481 e. The van der Waals surface area contributed by atoms with E-state index >= 15 is 0 Å². The second-order valence-electron chi connectivity index (χ2n) is 5.05. The maximum absolute atomic E-state index is 12.6. The van der Waals surface area contributed by atoms with Gasteiger partial charge in [0, 0.05) is 26.2 Å². The molecule has 0 bridgehead atoms. The molecule has 0 radical (unpaired) electrons. The van der Waals surface area contributed by atoms with Crippen LogP contribution in [0, 0.1) is 11.8 Å². The second kappa shape index (κ2) is 4.90. The lowest BCUT2D eigenvalue weighted by Crippen LogP contribution is -2.58. The van der Waals surface area contributed by atoms with Crippen LogP contribution in [0.5, 0.6) is 0 Å². The van der Waals surface area contributed by atoms with Gasteiger partial charge in [0.15, 0.2) is 0 Å². The van der Waals surface area contributed by atoms with Crippen molar-refractivity contribution in [2.45, 2.75) is 19.0 Å². The Morgan fingerprint density at radius 1 is 1.11 bits per heavy atom. The number of likely N-dealkylation sites (tertiary alicyclic amines) is 2. The van der Waals surface area contributed by atoms with E-state index in [1.165, 1.54) is 9.80 Å². The monoisotopic (exact) mass is 280 g/mol. The van der Waals surface area contributed by atoms with Gasteiger partial charge in [0.05, 0.1) is 11.8 Å². The molecule has 1 N–H and O–H groups in total. The van der Waals surface area contributed by atoms with Crippen LogP contribution in [0.15, 0.2) is 0 Å². The number of carboxylic acids is 1. The second-order valence-corrected chi connectivity index (χ2v) is 5.05. The highest BCUT2D eigenvalue weighted by Gasteiger charge is 2.44. The molecule has 0 aromatic heterocycles. The van der Waals surface area contributed by atoms with Crippen LogP contribution in [-0.4, -0.2) is 59.3 Å². The van der Waals surface area contributed by atoms with E-state index in [4.69, 9.17) is 5.11 Å². The zero-order valence-electron chi connectivity index (χ0n) is 10.2. The lowest BCUT2D eigenvalue weighted by atomic mass is 9.97. The maximum atomic E-state index is 12.6. The van der Waals surface area contributed by atoms with Gasteiger partial charge in [-0.15, -0.1) is 0 Å². The number of rotatable bonds is 1. The SMILES string of the molecule is O=C(O)C1CN(C(=O)N2CCCC(C(F)(F)F)C2)C1. The van der Waals surface area contributed by atoms with E-state index < -0.39 is 30.0 Å². The molecule has 2 saturated heterocycles. The molecule has 2 fully saturated rings. The van der Waals surface area contributed by atoms with Crippen molar-refractivity contribution in [2.24, 2.45) is 11.8 Å². The summed E-state index contributed by atoms with van der Waals surface area (Å²) in [5, 5.41) is 8.69. The van der Waals surface area contributed by atoms with Crippen LogP contribution in [0.2, 0.25) is 0 Å². The number of carboxylic acid groups (broad SMARTS) is 1. The number of carbonyl (C=O) groups is 2. The minimum Gasteiger partial charge on any atom is -0.481 e. The molecule has 8 heteroatoms. The number of urea groups is 1. The summed E-state index contributed by atoms with van der Waals surface area (Å²) in [5.41, 5.74) is 0. The van der Waals surface area contributed by atoms with Crippen molar-refractivity contribution in [3.63, 3.8) is 0 Å². The van der Waals surface area contributed by atoms with E-state index in [1.54, 1.807) is 0 Å². The van der Waals surface area contributed by atoms with E-state index in [1.807, 2.05) is 0 Å². The van der Waals surface area contributed by atoms with Crippen molar-refractivity contribution < 1.29 is 27.9 Å². The minimum atomic E-state index is -4.28. The Bertz CT molecular complexity index is 380. The summed E-state index contributed by atoms with van der Waals surface area (Å²) in [4.78, 5) is 25.0. The van der Waals surface area contributed by atoms with Crippen molar-refractivity contribution in [1.29, 1.82) is 0 Å². The zero-order chi connectivity index (χ0) is 14.2. The van der Waals surface area contributed by atoms with Gasteiger partial charge in [-0.2, -0.15) is 13.2 Å². The number of hydrogen-bond donors (Lipinski definition) is 1. The van der Waals surface area contributed by atoms with E-state index in [0.717, 1.165) is 0 Å². The highest BCUT2D eigenvalue weighted by Crippen LogP contribution is 2.33. The van der Waals surface area contributed by atoms with E-state index in [-0.39, 0.29) is 26.1 Å². The average molecular weight is 280 g/mol. The Balaban J connectivity index is 1.88. The van der Waals surface area contributed by atoms with E-state index in [0.29, 0.717) is 13.0 Å². The third-order valence-corrected chi connectivity index (χ3v) is 3.66. The normalized spacial score (nSPS) is 25.1. The summed E-state index contributed by atoms with van der Waals surface area (Å²) in [6.45, 7) is 0.152. The fourth-order valence-corrected chi connectivity index (χ4v) is 2.41. The predicted molar refractivity (Wildman–Crippen MR) is 58.4 cm³/mol. The van der Waals surface area contributed by atoms with Crippen molar-refractivity contribution in [3.8, 4) is 0 Å². The lowest BCUT2D eigenvalue weighted by Gasteiger charge is -2.42. The highest BCUT2D eigenvalue weighted by molar-refractivity contribution is 5.79. The highest BCUT2D eigenvalue weighted by atomic mass is 19.4. The molecule has 19 heavy (non-hydrogen) atoms. The van der Waals surface area contributed by atoms with Crippen LogP contribution in [-0.2, 0) is 4.79 Å². The van der Waals surface area contributed by atoms with Gasteiger partial charge in [-0.05, 0) is 12.8 Å². The van der Waals surface area contributed by atoms with Gasteiger partial charge in [0.2, 0.25) is 0 Å². The van der Waals surface area contributed by atoms with Crippen molar-refractivity contribution in [2.75, 3.05) is 26.2 Å². The molecule has 0 aromatic carbocycles. The lowest BCUT2D eigenvalue weighted by molar-refractivity contribution is -0.184. The van der Waals surface area contributed by atoms with Crippen LogP contribution in [0.25, 0.3) is 0 Å². The third-order valence-electron chi connectivity index (χ3n) is 3.66. The number of piperidine rings is 1. The number of amides is 2. The van der Waals surface area contributed by atoms with Gasteiger partial charge in [-0.25, -0.2) is 4.79 Å². The predicted octanol–water partition coefficient (Wildman–Crippen LogP) is 1.40. The van der Waals surface area contributed by atoms with Crippen LogP contribution < -0.4 is 0 Å². The van der Waals surface area contributed by atoms with Crippen molar-refractivity contribution in [1.82, 2.24) is 9.80 Å². The van der Waals surface area contributed by atoms with Gasteiger partial charge in [0.1, 0.15) is 0 Å². The number of carbonyl (C=O) groups excluding carboxylic acids is 1. The number of halogens is 3. The topological polar surface area (TPSA) is 60.9 Å². The van der Waals surface area contributed by atoms with Crippen LogP contribution in [0.3, 0.4) is 0 Å². The summed E-state index contributed by atoms with van der Waals surface area (Å²) < 4.78 is 37.8. The standard InChI is InChI=1S/C11H15F3N2O3/c12-11(13,14)8-2-1-3-15(6-8)10(19)16-4-7(5-16)9(17)18/h7-8H,1-6H2,(H,17,18). The van der Waals surface area contributed by atoms with Gasteiger partial charge < -0.3 is 14.9 Å². The quantitative estimate of drug-likeness (QED) is 0.789. The Hall–Kier alpha value is -1.47. The van der Waals surface area contributed by atoms with Gasteiger partial charge in [-0.3, -0.25) is 4.79 Å². The first-order chi connectivity index (χ1) is 8.79. The molecule has 5 nitrogen and oxygen atoms in total. The van der Waals surface area contributed by atoms with Crippen molar-refractivity contribution >= 4 is 12.0 Å². The minimum absolute atomic E-state index is 0.0467. The molecule has 0 spiro atoms. The number of hydrogen-bond acceptors (Lipinski definition) is 2. The molecular formula is C11H15F3N2O3. The summed E-state index contributed by atoms with van der Waals surface area (Å²) >= 11 is 0. The Kier molecular flexibility index (Phi) is 3.60. The molecule has 2 aliphatic rings.